The van der Waals surface area contributed by atoms with Gasteiger partial charge in [0.05, 0.1) is 17.1 Å². The van der Waals surface area contributed by atoms with Gasteiger partial charge in [-0.15, -0.1) is 0 Å². The van der Waals surface area contributed by atoms with Gasteiger partial charge in [0.2, 0.25) is 5.91 Å². The molecule has 11 heteroatoms. The summed E-state index contributed by atoms with van der Waals surface area (Å²) in [5.41, 5.74) is -1.21. The topological polar surface area (TPSA) is 69.7 Å². The Labute approximate surface area is 156 Å². The fourth-order valence-corrected chi connectivity index (χ4v) is 3.38. The molecule has 0 spiro atoms. The molecule has 0 bridgehead atoms. The Morgan fingerprint density at radius 3 is 2.38 bits per heavy atom. The molecule has 0 aliphatic carbocycles. The number of likely N-dealkylation sites (N-methyl/N-ethyl adjacent to an activating group) is 1. The van der Waals surface area contributed by atoms with Crippen LogP contribution in [0.5, 0.6) is 0 Å². The zero-order valence-electron chi connectivity index (χ0n) is 14.6. The molecule has 1 N–H and O–H groups in total. The third-order valence-corrected chi connectivity index (χ3v) is 5.75. The van der Waals surface area contributed by atoms with Crippen molar-refractivity contribution in [3.63, 3.8) is 0 Å². The molecular weight excluding hydrogens is 395 g/mol. The second-order valence-corrected chi connectivity index (χ2v) is 8.23. The maximum absolute atomic E-state index is 12.8. The van der Waals surface area contributed by atoms with Crippen LogP contribution in [0.3, 0.4) is 0 Å². The van der Waals surface area contributed by atoms with E-state index >= 15 is 0 Å². The first-order chi connectivity index (χ1) is 11.9. The number of carbonyl (C=O) groups excluding carboxylic acids is 1. The van der Waals surface area contributed by atoms with Crippen LogP contribution >= 0.6 is 11.6 Å². The number of halogens is 4. The van der Waals surface area contributed by atoms with Crippen molar-refractivity contribution in [2.75, 3.05) is 32.5 Å². The van der Waals surface area contributed by atoms with Crippen LogP contribution in [0.15, 0.2) is 18.2 Å². The second-order valence-electron chi connectivity index (χ2n) is 5.68. The van der Waals surface area contributed by atoms with E-state index in [0.29, 0.717) is 19.0 Å². The number of amides is 1. The first-order valence-corrected chi connectivity index (χ1v) is 9.51. The molecule has 1 rings (SSSR count). The first-order valence-electron chi connectivity index (χ1n) is 7.73. The molecule has 0 unspecified atom stereocenters. The zero-order valence-corrected chi connectivity index (χ0v) is 16.2. The molecule has 1 aromatic rings. The predicted octanol–water partition coefficient (Wildman–Crippen LogP) is 3.21. The molecular formula is C15H21ClF3N3O3S. The van der Waals surface area contributed by atoms with E-state index in [1.54, 1.807) is 0 Å². The summed E-state index contributed by atoms with van der Waals surface area (Å²) in [6, 6.07) is 2.92. The van der Waals surface area contributed by atoms with Gasteiger partial charge in [-0.2, -0.15) is 30.2 Å². The zero-order chi connectivity index (χ0) is 20.1. The number of nitrogens with one attached hydrogen (secondary N) is 1. The SMILES string of the molecule is CCCCN(C)S(=O)(=O)N(C)CC(=O)Nc1ccc(Cl)c(C(F)(F)F)c1. The molecule has 0 aliphatic rings. The number of rotatable bonds is 8. The minimum absolute atomic E-state index is 0.128. The van der Waals surface area contributed by atoms with Gasteiger partial charge in [0, 0.05) is 26.3 Å². The van der Waals surface area contributed by atoms with Crippen molar-refractivity contribution in [2.24, 2.45) is 0 Å². The van der Waals surface area contributed by atoms with Crippen LogP contribution in [-0.4, -0.2) is 50.1 Å². The van der Waals surface area contributed by atoms with Gasteiger partial charge in [-0.3, -0.25) is 4.79 Å². The Kier molecular flexibility index (Phi) is 7.87. The lowest BCUT2D eigenvalue weighted by molar-refractivity contribution is -0.137. The number of anilines is 1. The highest BCUT2D eigenvalue weighted by Crippen LogP contribution is 2.36. The van der Waals surface area contributed by atoms with Crippen LogP contribution in [0.4, 0.5) is 18.9 Å². The molecule has 6 nitrogen and oxygen atoms in total. The van der Waals surface area contributed by atoms with Gasteiger partial charge < -0.3 is 5.32 Å². The summed E-state index contributed by atoms with van der Waals surface area (Å²) in [6.07, 6.45) is -3.19. The number of carbonyl (C=O) groups is 1. The van der Waals surface area contributed by atoms with E-state index in [1.165, 1.54) is 20.2 Å². The van der Waals surface area contributed by atoms with Gasteiger partial charge in [0.1, 0.15) is 0 Å². The van der Waals surface area contributed by atoms with Gasteiger partial charge in [-0.25, -0.2) is 0 Å². The molecule has 0 saturated heterocycles. The Bertz CT molecular complexity index is 741. The minimum atomic E-state index is -4.67. The molecule has 0 radical (unpaired) electrons. The summed E-state index contributed by atoms with van der Waals surface area (Å²) in [6.45, 7) is 1.68. The van der Waals surface area contributed by atoms with Crippen molar-refractivity contribution in [2.45, 2.75) is 25.9 Å². The van der Waals surface area contributed by atoms with Crippen molar-refractivity contribution in [1.82, 2.24) is 8.61 Å². The van der Waals surface area contributed by atoms with Crippen LogP contribution in [0.25, 0.3) is 0 Å². The van der Waals surface area contributed by atoms with Crippen molar-refractivity contribution >= 4 is 33.4 Å². The fourth-order valence-electron chi connectivity index (χ4n) is 2.04. The molecule has 26 heavy (non-hydrogen) atoms. The van der Waals surface area contributed by atoms with E-state index in [9.17, 15) is 26.4 Å². The average molecular weight is 416 g/mol. The van der Waals surface area contributed by atoms with E-state index in [0.717, 1.165) is 21.1 Å². The first kappa shape index (κ1) is 22.7. The Morgan fingerprint density at radius 1 is 1.23 bits per heavy atom. The average Bonchev–Trinajstić information content (AvgIpc) is 2.52. The number of benzene rings is 1. The highest BCUT2D eigenvalue weighted by Gasteiger charge is 2.33. The minimum Gasteiger partial charge on any atom is -0.325 e. The lowest BCUT2D eigenvalue weighted by Crippen LogP contribution is -2.43. The number of hydrogen-bond acceptors (Lipinski definition) is 3. The third-order valence-electron chi connectivity index (χ3n) is 3.54. The molecule has 148 valence electrons. The van der Waals surface area contributed by atoms with Crippen LogP contribution in [0.1, 0.15) is 25.3 Å². The molecule has 0 heterocycles. The summed E-state index contributed by atoms with van der Waals surface area (Å²) < 4.78 is 65.0. The molecule has 0 atom stereocenters. The van der Waals surface area contributed by atoms with Gasteiger partial charge in [0.15, 0.2) is 0 Å². The van der Waals surface area contributed by atoms with Gasteiger partial charge in [-0.1, -0.05) is 24.9 Å². The quantitative estimate of drug-likeness (QED) is 0.708. The highest BCUT2D eigenvalue weighted by molar-refractivity contribution is 7.86. The number of nitrogens with zero attached hydrogens (tertiary/aromatic N) is 2. The highest BCUT2D eigenvalue weighted by atomic mass is 35.5. The fraction of sp³-hybridized carbons (Fsp3) is 0.533. The van der Waals surface area contributed by atoms with Crippen LogP contribution < -0.4 is 5.32 Å². The van der Waals surface area contributed by atoms with E-state index in [-0.39, 0.29) is 5.69 Å². The van der Waals surface area contributed by atoms with Crippen LogP contribution in [-0.2, 0) is 21.2 Å². The number of alkyl halides is 3. The second kappa shape index (κ2) is 9.03. The molecule has 1 amide bonds. The summed E-state index contributed by atoms with van der Waals surface area (Å²) in [5.74, 6) is -0.768. The van der Waals surface area contributed by atoms with Crippen molar-refractivity contribution in [1.29, 1.82) is 0 Å². The maximum atomic E-state index is 12.8. The summed E-state index contributed by atoms with van der Waals surface area (Å²) in [4.78, 5) is 12.0. The normalized spacial score (nSPS) is 12.7. The van der Waals surface area contributed by atoms with E-state index in [4.69, 9.17) is 11.6 Å². The molecule has 0 fully saturated rings. The molecule has 0 aromatic heterocycles. The van der Waals surface area contributed by atoms with Gasteiger partial charge in [-0.05, 0) is 24.6 Å². The Hall–Kier alpha value is -1.36. The monoisotopic (exact) mass is 415 g/mol. The lowest BCUT2D eigenvalue weighted by Gasteiger charge is -2.24. The largest absolute Gasteiger partial charge is 0.417 e. The number of unbranched alkanes of at least 4 members (excludes halogenated alkanes) is 1. The molecule has 0 aliphatic heterocycles. The van der Waals surface area contributed by atoms with Crippen LogP contribution in [0.2, 0.25) is 5.02 Å². The lowest BCUT2D eigenvalue weighted by atomic mass is 10.2. The maximum Gasteiger partial charge on any atom is 0.417 e. The van der Waals surface area contributed by atoms with E-state index < -0.39 is 39.4 Å². The van der Waals surface area contributed by atoms with Gasteiger partial charge >= 0.3 is 6.18 Å². The van der Waals surface area contributed by atoms with Crippen molar-refractivity contribution in [3.05, 3.63) is 28.8 Å². The van der Waals surface area contributed by atoms with Gasteiger partial charge in [0.25, 0.3) is 10.2 Å². The summed E-state index contributed by atoms with van der Waals surface area (Å²) >= 11 is 5.51. The Balaban J connectivity index is 2.81. The number of hydrogen-bond donors (Lipinski definition) is 1. The summed E-state index contributed by atoms with van der Waals surface area (Å²) in [7, 11) is -1.21. The summed E-state index contributed by atoms with van der Waals surface area (Å²) in [5, 5.41) is 1.75. The van der Waals surface area contributed by atoms with Crippen molar-refractivity contribution in [3.8, 4) is 0 Å². The Morgan fingerprint density at radius 2 is 1.85 bits per heavy atom. The van der Waals surface area contributed by atoms with Crippen LogP contribution in [0, 0.1) is 0 Å². The molecule has 1 aromatic carbocycles. The smallest absolute Gasteiger partial charge is 0.325 e. The standard InChI is InChI=1S/C15H21ClF3N3O3S/c1-4-5-8-21(2)26(24,25)22(3)10-14(23)20-11-6-7-13(16)12(9-11)15(17,18)19/h6-7,9H,4-5,8,10H2,1-3H3,(H,20,23). The van der Waals surface area contributed by atoms with E-state index in [1.807, 2.05) is 6.92 Å². The molecule has 0 saturated carbocycles. The predicted molar refractivity (Wildman–Crippen MR) is 94.2 cm³/mol. The van der Waals surface area contributed by atoms with Crippen molar-refractivity contribution < 1.29 is 26.4 Å². The van der Waals surface area contributed by atoms with E-state index in [2.05, 4.69) is 5.32 Å². The third kappa shape index (κ3) is 6.11.